The Morgan fingerprint density at radius 1 is 1.41 bits per heavy atom. The van der Waals surface area contributed by atoms with E-state index in [2.05, 4.69) is 5.32 Å². The van der Waals surface area contributed by atoms with Crippen LogP contribution in [0.25, 0.3) is 0 Å². The number of benzene rings is 1. The number of likely N-dealkylation sites (N-methyl/N-ethyl adjacent to an activating group) is 1. The zero-order chi connectivity index (χ0) is 12.3. The highest BCUT2D eigenvalue weighted by atomic mass is 16.5. The maximum Gasteiger partial charge on any atom is 0.176 e. The van der Waals surface area contributed by atoms with E-state index in [9.17, 15) is 4.79 Å². The minimum absolute atomic E-state index is 0.0452. The second-order valence-corrected chi connectivity index (χ2v) is 4.14. The maximum absolute atomic E-state index is 11.7. The summed E-state index contributed by atoms with van der Waals surface area (Å²) >= 11 is 0. The summed E-state index contributed by atoms with van der Waals surface area (Å²) in [6.45, 7) is 0.325. The summed E-state index contributed by atoms with van der Waals surface area (Å²) in [5.41, 5.74) is 0.638. The molecule has 1 aromatic carbocycles. The van der Waals surface area contributed by atoms with Crippen LogP contribution in [0.2, 0.25) is 0 Å². The Kier molecular flexibility index (Phi) is 3.64. The second kappa shape index (κ2) is 5.19. The molecule has 0 unspecified atom stereocenters. The van der Waals surface area contributed by atoms with Crippen molar-refractivity contribution in [1.29, 1.82) is 0 Å². The SMILES string of the molecule is CNCC(=O)c1ccc(OC2CC2)c(OC)c1. The van der Waals surface area contributed by atoms with Gasteiger partial charge in [-0.05, 0) is 38.1 Å². The van der Waals surface area contributed by atoms with Gasteiger partial charge in [-0.3, -0.25) is 4.79 Å². The van der Waals surface area contributed by atoms with Crippen LogP contribution in [0.15, 0.2) is 18.2 Å². The topological polar surface area (TPSA) is 47.6 Å². The lowest BCUT2D eigenvalue weighted by Crippen LogP contribution is -2.18. The van der Waals surface area contributed by atoms with Crippen LogP contribution in [0.1, 0.15) is 23.2 Å². The fraction of sp³-hybridized carbons (Fsp3) is 0.462. The van der Waals surface area contributed by atoms with Crippen molar-refractivity contribution in [3.8, 4) is 11.5 Å². The number of carbonyl (C=O) groups is 1. The van der Waals surface area contributed by atoms with Crippen LogP contribution >= 0.6 is 0 Å². The molecule has 2 rings (SSSR count). The summed E-state index contributed by atoms with van der Waals surface area (Å²) in [6, 6.07) is 5.32. The first-order valence-corrected chi connectivity index (χ1v) is 5.77. The fourth-order valence-electron chi connectivity index (χ4n) is 1.57. The Bertz CT molecular complexity index is 413. The Balaban J connectivity index is 2.17. The van der Waals surface area contributed by atoms with Gasteiger partial charge >= 0.3 is 0 Å². The molecule has 4 heteroatoms. The summed E-state index contributed by atoms with van der Waals surface area (Å²) in [6.07, 6.45) is 2.52. The third-order valence-corrected chi connectivity index (χ3v) is 2.64. The van der Waals surface area contributed by atoms with E-state index in [-0.39, 0.29) is 5.78 Å². The first-order valence-electron chi connectivity index (χ1n) is 5.77. The van der Waals surface area contributed by atoms with Crippen LogP contribution in [0.3, 0.4) is 0 Å². The number of ketones is 1. The molecule has 0 radical (unpaired) electrons. The van der Waals surface area contributed by atoms with Crippen molar-refractivity contribution in [2.24, 2.45) is 0 Å². The molecule has 1 saturated carbocycles. The minimum Gasteiger partial charge on any atom is -0.493 e. The zero-order valence-corrected chi connectivity index (χ0v) is 10.2. The van der Waals surface area contributed by atoms with Crippen molar-refractivity contribution in [1.82, 2.24) is 5.32 Å². The third kappa shape index (κ3) is 2.97. The molecular weight excluding hydrogens is 218 g/mol. The number of methoxy groups -OCH3 is 1. The summed E-state index contributed by atoms with van der Waals surface area (Å²) in [7, 11) is 3.33. The quantitative estimate of drug-likeness (QED) is 0.761. The van der Waals surface area contributed by atoms with Gasteiger partial charge in [-0.2, -0.15) is 0 Å². The summed E-state index contributed by atoms with van der Waals surface area (Å²) in [5.74, 6) is 1.39. The van der Waals surface area contributed by atoms with Crippen molar-refractivity contribution in [3.05, 3.63) is 23.8 Å². The standard InChI is InChI=1S/C13H17NO3/c1-14-8-11(15)9-3-6-12(13(7-9)16-2)17-10-4-5-10/h3,6-7,10,14H,4-5,8H2,1-2H3. The monoisotopic (exact) mass is 235 g/mol. The van der Waals surface area contributed by atoms with Gasteiger partial charge in [0.15, 0.2) is 17.3 Å². The highest BCUT2D eigenvalue weighted by Crippen LogP contribution is 2.34. The van der Waals surface area contributed by atoms with E-state index in [1.807, 2.05) is 0 Å². The van der Waals surface area contributed by atoms with Gasteiger partial charge in [0.1, 0.15) is 0 Å². The molecule has 1 fully saturated rings. The van der Waals surface area contributed by atoms with Crippen LogP contribution in [-0.2, 0) is 0 Å². The van der Waals surface area contributed by atoms with Crippen molar-refractivity contribution in [2.75, 3.05) is 20.7 Å². The molecule has 1 aliphatic carbocycles. The highest BCUT2D eigenvalue weighted by Gasteiger charge is 2.25. The number of carbonyl (C=O) groups excluding carboxylic acids is 1. The number of rotatable bonds is 6. The van der Waals surface area contributed by atoms with Gasteiger partial charge in [-0.1, -0.05) is 0 Å². The van der Waals surface area contributed by atoms with E-state index in [1.54, 1.807) is 32.4 Å². The van der Waals surface area contributed by atoms with Gasteiger partial charge < -0.3 is 14.8 Å². The molecular formula is C13H17NO3. The maximum atomic E-state index is 11.7. The molecule has 4 nitrogen and oxygen atoms in total. The van der Waals surface area contributed by atoms with Gasteiger partial charge in [-0.25, -0.2) is 0 Å². The van der Waals surface area contributed by atoms with E-state index in [1.165, 1.54) is 0 Å². The molecule has 0 aliphatic heterocycles. The molecule has 0 spiro atoms. The number of hydrogen-bond donors (Lipinski definition) is 1. The molecule has 17 heavy (non-hydrogen) atoms. The van der Waals surface area contributed by atoms with E-state index < -0.39 is 0 Å². The number of ether oxygens (including phenoxy) is 2. The van der Waals surface area contributed by atoms with Crippen molar-refractivity contribution >= 4 is 5.78 Å². The molecule has 92 valence electrons. The first kappa shape index (κ1) is 11.9. The fourth-order valence-corrected chi connectivity index (χ4v) is 1.57. The minimum atomic E-state index is 0.0452. The van der Waals surface area contributed by atoms with Crippen LogP contribution in [0.5, 0.6) is 11.5 Å². The Labute approximate surface area is 101 Å². The highest BCUT2D eigenvalue weighted by molar-refractivity contribution is 5.98. The first-order chi connectivity index (χ1) is 8.24. The lowest BCUT2D eigenvalue weighted by atomic mass is 10.1. The number of hydrogen-bond acceptors (Lipinski definition) is 4. The van der Waals surface area contributed by atoms with Crippen LogP contribution in [0.4, 0.5) is 0 Å². The molecule has 0 bridgehead atoms. The van der Waals surface area contributed by atoms with E-state index in [0.29, 0.717) is 24.0 Å². The lowest BCUT2D eigenvalue weighted by molar-refractivity contribution is 0.0993. The molecule has 1 aliphatic rings. The van der Waals surface area contributed by atoms with Crippen LogP contribution in [-0.4, -0.2) is 32.6 Å². The van der Waals surface area contributed by atoms with Gasteiger partial charge in [-0.15, -0.1) is 0 Å². The van der Waals surface area contributed by atoms with Gasteiger partial charge in [0.05, 0.1) is 19.8 Å². The summed E-state index contributed by atoms with van der Waals surface area (Å²) < 4.78 is 10.9. The third-order valence-electron chi connectivity index (χ3n) is 2.64. The predicted molar refractivity (Wildman–Crippen MR) is 64.9 cm³/mol. The Morgan fingerprint density at radius 2 is 2.18 bits per heavy atom. The lowest BCUT2D eigenvalue weighted by Gasteiger charge is -2.11. The zero-order valence-electron chi connectivity index (χ0n) is 10.2. The van der Waals surface area contributed by atoms with Gasteiger partial charge in [0.25, 0.3) is 0 Å². The smallest absolute Gasteiger partial charge is 0.176 e. The van der Waals surface area contributed by atoms with Crippen molar-refractivity contribution in [2.45, 2.75) is 18.9 Å². The van der Waals surface area contributed by atoms with Crippen molar-refractivity contribution < 1.29 is 14.3 Å². The molecule has 0 amide bonds. The molecule has 0 aromatic heterocycles. The average Bonchev–Trinajstić information content (AvgIpc) is 3.14. The van der Waals surface area contributed by atoms with Crippen molar-refractivity contribution in [3.63, 3.8) is 0 Å². The van der Waals surface area contributed by atoms with Crippen LogP contribution in [0, 0.1) is 0 Å². The normalized spacial score (nSPS) is 14.5. The molecule has 0 atom stereocenters. The Morgan fingerprint density at radius 3 is 2.76 bits per heavy atom. The predicted octanol–water partition coefficient (Wildman–Crippen LogP) is 1.64. The van der Waals surface area contributed by atoms with Gasteiger partial charge in [0, 0.05) is 5.56 Å². The number of Topliss-reactive ketones (excluding diaryl/α,β-unsaturated/α-hetero) is 1. The van der Waals surface area contributed by atoms with E-state index in [4.69, 9.17) is 9.47 Å². The van der Waals surface area contributed by atoms with E-state index >= 15 is 0 Å². The summed E-state index contributed by atoms with van der Waals surface area (Å²) in [4.78, 5) is 11.7. The van der Waals surface area contributed by atoms with E-state index in [0.717, 1.165) is 18.6 Å². The molecule has 0 heterocycles. The second-order valence-electron chi connectivity index (χ2n) is 4.14. The summed E-state index contributed by atoms with van der Waals surface area (Å²) in [5, 5.41) is 2.84. The molecule has 1 aromatic rings. The molecule has 1 N–H and O–H groups in total. The Hall–Kier alpha value is -1.55. The number of nitrogens with one attached hydrogen (secondary N) is 1. The molecule has 0 saturated heterocycles. The largest absolute Gasteiger partial charge is 0.493 e. The average molecular weight is 235 g/mol. The van der Waals surface area contributed by atoms with Gasteiger partial charge in [0.2, 0.25) is 0 Å². The van der Waals surface area contributed by atoms with Crippen LogP contribution < -0.4 is 14.8 Å².